The molecule has 0 saturated carbocycles. The maximum Gasteiger partial charge on any atom is 0.147 e. The van der Waals surface area contributed by atoms with Crippen LogP contribution in [-0.2, 0) is 0 Å². The molecule has 0 amide bonds. The van der Waals surface area contributed by atoms with Gasteiger partial charge in [0.1, 0.15) is 5.82 Å². The Morgan fingerprint density at radius 2 is 1.04 bits per heavy atom. The van der Waals surface area contributed by atoms with Gasteiger partial charge in [-0.3, -0.25) is 0 Å². The lowest BCUT2D eigenvalue weighted by atomic mass is 10.0. The highest BCUT2D eigenvalue weighted by atomic mass is 32.1. The topological polar surface area (TPSA) is 8.17 Å². The molecule has 0 atom stereocenters. The summed E-state index contributed by atoms with van der Waals surface area (Å²) in [6.45, 7) is 0. The van der Waals surface area contributed by atoms with Crippen LogP contribution in [0.25, 0.3) is 69.9 Å². The van der Waals surface area contributed by atoms with Crippen molar-refractivity contribution in [1.29, 1.82) is 0 Å². The lowest BCUT2D eigenvalue weighted by Crippen LogP contribution is -2.13. The molecule has 0 aliphatic carbocycles. The van der Waals surface area contributed by atoms with Crippen LogP contribution in [0.5, 0.6) is 0 Å². The van der Waals surface area contributed by atoms with Crippen molar-refractivity contribution in [3.05, 3.63) is 194 Å². The van der Waals surface area contributed by atoms with Crippen LogP contribution >= 0.6 is 11.3 Å². The van der Waals surface area contributed by atoms with Crippen molar-refractivity contribution in [2.45, 2.75) is 0 Å². The van der Waals surface area contributed by atoms with E-state index < -0.39 is 0 Å². The normalized spacial score (nSPS) is 11.6. The van der Waals surface area contributed by atoms with Crippen LogP contribution in [0.1, 0.15) is 0 Å². The number of thiophene rings is 1. The lowest BCUT2D eigenvalue weighted by Gasteiger charge is -2.28. The van der Waals surface area contributed by atoms with E-state index in [4.69, 9.17) is 0 Å². The average molecular weight is 687 g/mol. The van der Waals surface area contributed by atoms with Gasteiger partial charge in [0.05, 0.1) is 22.4 Å². The van der Waals surface area contributed by atoms with Crippen LogP contribution in [0.15, 0.2) is 188 Å². The van der Waals surface area contributed by atoms with Crippen molar-refractivity contribution in [3.8, 4) is 27.9 Å². The molecule has 0 fully saturated rings. The predicted octanol–water partition coefficient (Wildman–Crippen LogP) is 14.1. The number of rotatable bonds is 6. The molecule has 0 radical (unpaired) electrons. The molecule has 4 heteroatoms. The highest BCUT2D eigenvalue weighted by Crippen LogP contribution is 2.44. The van der Waals surface area contributed by atoms with Gasteiger partial charge in [-0.05, 0) is 76.9 Å². The second-order valence-corrected chi connectivity index (χ2v) is 14.1. The number of para-hydroxylation sites is 4. The van der Waals surface area contributed by atoms with Gasteiger partial charge in [0.2, 0.25) is 0 Å². The summed E-state index contributed by atoms with van der Waals surface area (Å²) in [6.07, 6.45) is 0. The van der Waals surface area contributed by atoms with Gasteiger partial charge in [-0.25, -0.2) is 4.39 Å². The summed E-state index contributed by atoms with van der Waals surface area (Å²) in [6, 6.07) is 65.1. The fourth-order valence-electron chi connectivity index (χ4n) is 7.69. The molecule has 0 saturated heterocycles. The van der Waals surface area contributed by atoms with Gasteiger partial charge in [-0.1, -0.05) is 133 Å². The Bertz CT molecular complexity index is 2900. The van der Waals surface area contributed by atoms with Crippen molar-refractivity contribution < 1.29 is 4.39 Å². The highest BCUT2D eigenvalue weighted by molar-refractivity contribution is 7.26. The number of halogens is 1. The maximum absolute atomic E-state index is 15.9. The Labute approximate surface area is 304 Å². The van der Waals surface area contributed by atoms with E-state index in [0.717, 1.165) is 50.2 Å². The molecule has 246 valence electrons. The third-order valence-electron chi connectivity index (χ3n) is 10.1. The van der Waals surface area contributed by atoms with Crippen LogP contribution in [0.4, 0.5) is 21.5 Å². The summed E-state index contributed by atoms with van der Waals surface area (Å²) in [7, 11) is 0. The first-order chi connectivity index (χ1) is 25.7. The Kier molecular flexibility index (Phi) is 7.22. The quantitative estimate of drug-likeness (QED) is 0.169. The smallest absolute Gasteiger partial charge is 0.147 e. The molecule has 8 aromatic carbocycles. The van der Waals surface area contributed by atoms with Gasteiger partial charge in [-0.15, -0.1) is 11.3 Å². The van der Waals surface area contributed by atoms with E-state index in [1.807, 2.05) is 41.7 Å². The molecule has 0 bridgehead atoms. The summed E-state index contributed by atoms with van der Waals surface area (Å²) >= 11 is 1.85. The maximum atomic E-state index is 15.9. The number of fused-ring (bicyclic) bond motifs is 6. The Balaban J connectivity index is 1.16. The number of anilines is 3. The van der Waals surface area contributed by atoms with Crippen LogP contribution < -0.4 is 4.90 Å². The fraction of sp³-hybridized carbons (Fsp3) is 0. The lowest BCUT2D eigenvalue weighted by molar-refractivity contribution is 0.635. The molecule has 2 heterocycles. The van der Waals surface area contributed by atoms with Crippen molar-refractivity contribution in [3.63, 3.8) is 0 Å². The van der Waals surface area contributed by atoms with Crippen LogP contribution in [0.3, 0.4) is 0 Å². The molecule has 52 heavy (non-hydrogen) atoms. The second-order valence-electron chi connectivity index (χ2n) is 13.1. The number of hydrogen-bond donors (Lipinski definition) is 0. The molecule has 0 aliphatic rings. The van der Waals surface area contributed by atoms with Crippen molar-refractivity contribution >= 4 is 70.4 Å². The molecule has 0 N–H and O–H groups in total. The van der Waals surface area contributed by atoms with Crippen molar-refractivity contribution in [1.82, 2.24) is 4.57 Å². The third-order valence-corrected chi connectivity index (χ3v) is 11.3. The van der Waals surface area contributed by atoms with Gasteiger partial charge in [0, 0.05) is 42.3 Å². The number of hydrogen-bond acceptors (Lipinski definition) is 2. The van der Waals surface area contributed by atoms with E-state index in [1.54, 1.807) is 12.1 Å². The summed E-state index contributed by atoms with van der Waals surface area (Å²) in [5.74, 6) is -0.248. The largest absolute Gasteiger partial charge is 0.308 e. The van der Waals surface area contributed by atoms with Gasteiger partial charge < -0.3 is 9.47 Å². The van der Waals surface area contributed by atoms with Crippen LogP contribution in [-0.4, -0.2) is 4.57 Å². The molecular formula is C48H31FN2S. The predicted molar refractivity (Wildman–Crippen MR) is 219 cm³/mol. The summed E-state index contributed by atoms with van der Waals surface area (Å²) < 4.78 is 20.6. The first kappa shape index (κ1) is 30.3. The minimum absolute atomic E-state index is 0.248. The Morgan fingerprint density at radius 1 is 0.442 bits per heavy atom. The Morgan fingerprint density at radius 3 is 1.85 bits per heavy atom. The molecule has 0 unspecified atom stereocenters. The number of nitrogens with zero attached hydrogens (tertiary/aromatic N) is 2. The summed E-state index contributed by atoms with van der Waals surface area (Å²) in [4.78, 5) is 2.29. The Hall–Kier alpha value is -6.49. The van der Waals surface area contributed by atoms with E-state index in [0.29, 0.717) is 5.52 Å². The van der Waals surface area contributed by atoms with Gasteiger partial charge in [0.25, 0.3) is 0 Å². The first-order valence-electron chi connectivity index (χ1n) is 17.5. The van der Waals surface area contributed by atoms with E-state index in [9.17, 15) is 0 Å². The first-order valence-corrected chi connectivity index (χ1v) is 18.3. The molecule has 0 spiro atoms. The monoisotopic (exact) mass is 686 g/mol. The fourth-order valence-corrected chi connectivity index (χ4v) is 8.93. The molecular weight excluding hydrogens is 656 g/mol. The van der Waals surface area contributed by atoms with Gasteiger partial charge >= 0.3 is 0 Å². The van der Waals surface area contributed by atoms with E-state index in [1.165, 1.54) is 31.3 Å². The number of benzene rings is 8. The zero-order valence-electron chi connectivity index (χ0n) is 28.1. The standard InChI is InChI=1S/C48H31FN2S/c49-42-19-11-17-40-38-14-4-6-20-43(38)51(47(40)42)45-22-8-7-21-44(45)50(35-28-24-33(25-29-35)32-12-2-1-3-13-32)36-30-26-34(27-31-36)37-16-10-18-41-39-15-5-9-23-46(39)52-48(37)41/h1-31H. The molecule has 10 rings (SSSR count). The highest BCUT2D eigenvalue weighted by Gasteiger charge is 2.22. The van der Waals surface area contributed by atoms with Crippen LogP contribution in [0, 0.1) is 5.82 Å². The average Bonchev–Trinajstić information content (AvgIpc) is 3.76. The van der Waals surface area contributed by atoms with Crippen LogP contribution in [0.2, 0.25) is 0 Å². The zero-order valence-corrected chi connectivity index (χ0v) is 28.9. The van der Waals surface area contributed by atoms with Gasteiger partial charge in [-0.2, -0.15) is 0 Å². The summed E-state index contributed by atoms with van der Waals surface area (Å²) in [5, 5.41) is 4.49. The van der Waals surface area contributed by atoms with Crippen molar-refractivity contribution in [2.75, 3.05) is 4.90 Å². The van der Waals surface area contributed by atoms with E-state index in [-0.39, 0.29) is 5.82 Å². The second kappa shape index (κ2) is 12.4. The number of aromatic nitrogens is 1. The van der Waals surface area contributed by atoms with E-state index >= 15 is 4.39 Å². The third kappa shape index (κ3) is 4.91. The molecule has 10 aromatic rings. The van der Waals surface area contributed by atoms with E-state index in [2.05, 4.69) is 155 Å². The molecule has 2 nitrogen and oxygen atoms in total. The zero-order chi connectivity index (χ0) is 34.6. The SMILES string of the molecule is Fc1cccc2c3ccccc3n(-c3ccccc3N(c3ccc(-c4ccccc4)cc3)c3ccc(-c4cccc5c4sc4ccccc45)cc3)c12. The minimum Gasteiger partial charge on any atom is -0.308 e. The summed E-state index contributed by atoms with van der Waals surface area (Å²) in [5.41, 5.74) is 10.1. The molecule has 0 aliphatic heterocycles. The van der Waals surface area contributed by atoms with Gasteiger partial charge in [0.15, 0.2) is 0 Å². The molecule has 2 aromatic heterocycles. The van der Waals surface area contributed by atoms with Crippen molar-refractivity contribution in [2.24, 2.45) is 0 Å². The minimum atomic E-state index is -0.248.